The molecule has 3 atom stereocenters. The van der Waals surface area contributed by atoms with E-state index in [1.807, 2.05) is 0 Å². The normalized spacial score (nSPS) is 23.0. The predicted octanol–water partition coefficient (Wildman–Crippen LogP) is 1.61. The number of aliphatic hydroxyl groups is 3. The number of phenolic OH excluding ortho intramolecular Hbond substituents is 1. The zero-order valence-corrected chi connectivity index (χ0v) is 22.6. The van der Waals surface area contributed by atoms with Gasteiger partial charge in [-0.15, -0.1) is 0 Å². The average molecular weight is 577 g/mol. The summed E-state index contributed by atoms with van der Waals surface area (Å²) in [6.07, 6.45) is -0.254. The number of nitrogens with one attached hydrogen (secondary N) is 2. The topological polar surface area (TPSA) is 220 Å². The third-order valence-electron chi connectivity index (χ3n) is 8.03. The number of hydrogen-bond donors (Lipinski definition) is 7. The molecule has 3 aliphatic rings. The molecule has 13 nitrogen and oxygen atoms in total. The van der Waals surface area contributed by atoms with Gasteiger partial charge in [0.25, 0.3) is 11.8 Å². The largest absolute Gasteiger partial charge is 0.511 e. The van der Waals surface area contributed by atoms with Crippen LogP contribution in [0.25, 0.3) is 0 Å². The molecular weight excluding hydrogens is 548 g/mol. The first kappa shape index (κ1) is 28.4. The van der Waals surface area contributed by atoms with Gasteiger partial charge in [-0.3, -0.25) is 24.5 Å². The number of ketones is 2. The highest BCUT2D eigenvalue weighted by Crippen LogP contribution is 2.53. The second-order valence-electron chi connectivity index (χ2n) is 10.7. The first-order valence-electron chi connectivity index (χ1n) is 13.0. The van der Waals surface area contributed by atoms with Crippen molar-refractivity contribution >= 4 is 40.8 Å². The highest BCUT2D eigenvalue weighted by molar-refractivity contribution is 6.24. The fourth-order valence-corrected chi connectivity index (χ4v) is 6.08. The Morgan fingerprint density at radius 3 is 2.33 bits per heavy atom. The summed E-state index contributed by atoms with van der Waals surface area (Å²) in [5.74, 6) is -8.22. The third kappa shape index (κ3) is 4.25. The first-order valence-corrected chi connectivity index (χ1v) is 13.0. The van der Waals surface area contributed by atoms with Crippen molar-refractivity contribution in [2.24, 2.45) is 17.6 Å². The Bertz CT molecular complexity index is 1640. The Balaban J connectivity index is 1.56. The number of primary amides is 1. The van der Waals surface area contributed by atoms with E-state index in [1.165, 1.54) is 18.2 Å². The van der Waals surface area contributed by atoms with Crippen molar-refractivity contribution in [2.45, 2.75) is 24.9 Å². The molecular formula is C29H28N4O9. The fraction of sp³-hybridized carbons (Fsp3) is 0.276. The molecule has 0 spiro atoms. The van der Waals surface area contributed by atoms with Gasteiger partial charge in [0.2, 0.25) is 5.78 Å². The summed E-state index contributed by atoms with van der Waals surface area (Å²) in [5, 5.41) is 48.6. The van der Waals surface area contributed by atoms with Gasteiger partial charge in [0.15, 0.2) is 17.1 Å². The van der Waals surface area contributed by atoms with Crippen LogP contribution in [0.2, 0.25) is 0 Å². The van der Waals surface area contributed by atoms with Crippen molar-refractivity contribution in [2.75, 3.05) is 24.3 Å². The number of aliphatic hydroxyl groups excluding tert-OH is 2. The van der Waals surface area contributed by atoms with Gasteiger partial charge < -0.3 is 36.4 Å². The maximum absolute atomic E-state index is 13.9. The number of phenols is 1. The summed E-state index contributed by atoms with van der Waals surface area (Å²) >= 11 is 0. The lowest BCUT2D eigenvalue weighted by Crippen LogP contribution is -2.57. The van der Waals surface area contributed by atoms with Crippen molar-refractivity contribution < 1.29 is 44.4 Å². The molecule has 0 saturated heterocycles. The van der Waals surface area contributed by atoms with Gasteiger partial charge in [-0.2, -0.15) is 0 Å². The van der Waals surface area contributed by atoms with E-state index >= 15 is 0 Å². The van der Waals surface area contributed by atoms with E-state index in [1.54, 1.807) is 37.2 Å². The molecule has 0 aliphatic heterocycles. The Morgan fingerprint density at radius 1 is 1.05 bits per heavy atom. The van der Waals surface area contributed by atoms with Crippen LogP contribution < -0.4 is 21.3 Å². The van der Waals surface area contributed by atoms with Crippen molar-refractivity contribution in [1.29, 1.82) is 0 Å². The Labute approximate surface area is 238 Å². The number of fused-ring (bicyclic) bond motifs is 3. The van der Waals surface area contributed by atoms with Crippen LogP contribution in [0.4, 0.5) is 16.2 Å². The molecule has 0 saturated carbocycles. The molecule has 3 aliphatic carbocycles. The van der Waals surface area contributed by atoms with Crippen molar-refractivity contribution in [3.05, 3.63) is 75.8 Å². The lowest BCUT2D eigenvalue weighted by Gasteiger charge is -2.45. The molecule has 0 bridgehead atoms. The number of rotatable bonds is 4. The zero-order valence-electron chi connectivity index (χ0n) is 22.6. The molecule has 8 N–H and O–H groups in total. The summed E-state index contributed by atoms with van der Waals surface area (Å²) in [6.45, 7) is 0. The number of aromatic hydroxyl groups is 1. The molecule has 0 radical (unpaired) electrons. The molecule has 2 aromatic carbocycles. The van der Waals surface area contributed by atoms with Gasteiger partial charge in [-0.25, -0.2) is 4.79 Å². The van der Waals surface area contributed by atoms with Gasteiger partial charge in [-0.1, -0.05) is 18.2 Å². The smallest absolute Gasteiger partial charge is 0.326 e. The van der Waals surface area contributed by atoms with Crippen molar-refractivity contribution in [3.8, 4) is 5.75 Å². The number of hydrogen-bond acceptors (Lipinski definition) is 10. The van der Waals surface area contributed by atoms with Crippen LogP contribution in [0.1, 0.15) is 39.1 Å². The van der Waals surface area contributed by atoms with Crippen LogP contribution in [-0.2, 0) is 16.0 Å². The molecule has 0 aromatic heterocycles. The number of carbonyl (C=O) groups is 5. The number of anilines is 2. The molecule has 42 heavy (non-hydrogen) atoms. The average Bonchev–Trinajstić information content (AvgIpc) is 2.92. The second kappa shape index (κ2) is 10.0. The number of nitrogens with zero attached hydrogens (tertiary/aromatic N) is 1. The van der Waals surface area contributed by atoms with Gasteiger partial charge >= 0.3 is 6.03 Å². The number of allylic oxidation sites excluding steroid dienone is 2. The number of imide groups is 1. The van der Waals surface area contributed by atoms with E-state index in [0.29, 0.717) is 11.3 Å². The van der Waals surface area contributed by atoms with E-state index < -0.39 is 69.7 Å². The van der Waals surface area contributed by atoms with Crippen LogP contribution in [0.5, 0.6) is 5.75 Å². The number of nitrogens with two attached hydrogens (primary N) is 1. The summed E-state index contributed by atoms with van der Waals surface area (Å²) in [4.78, 5) is 65.6. The minimum Gasteiger partial charge on any atom is -0.511 e. The van der Waals surface area contributed by atoms with E-state index in [0.717, 1.165) is 0 Å². The quantitative estimate of drug-likeness (QED) is 0.206. The Kier molecular flexibility index (Phi) is 6.77. The van der Waals surface area contributed by atoms with Gasteiger partial charge in [-0.05, 0) is 42.5 Å². The SMILES string of the molecule is CN(C)c1cc(NC(=O)NC(=O)c2ccccc2)c(O)c2c1CC1C[C@H]3CC(O)=C(C(N)=O)C(=O)[C@@]3(O)C(O)=C1C2=O. The molecule has 1 unspecified atom stereocenters. The summed E-state index contributed by atoms with van der Waals surface area (Å²) in [7, 11) is 3.35. The molecule has 4 amide bonds. The maximum Gasteiger partial charge on any atom is 0.326 e. The second-order valence-corrected chi connectivity index (χ2v) is 10.7. The lowest BCUT2D eigenvalue weighted by molar-refractivity contribution is -0.144. The minimum atomic E-state index is -2.69. The molecule has 0 fully saturated rings. The molecule has 2 aromatic rings. The Hall–Kier alpha value is -5.17. The van der Waals surface area contributed by atoms with Crippen molar-refractivity contribution in [1.82, 2.24) is 5.32 Å². The number of carbonyl (C=O) groups excluding carboxylic acids is 5. The van der Waals surface area contributed by atoms with E-state index in [-0.39, 0.29) is 41.6 Å². The summed E-state index contributed by atoms with van der Waals surface area (Å²) in [6, 6.07) is 8.38. The van der Waals surface area contributed by atoms with E-state index in [9.17, 15) is 44.4 Å². The summed E-state index contributed by atoms with van der Waals surface area (Å²) < 4.78 is 0. The van der Waals surface area contributed by atoms with Crippen LogP contribution in [0.3, 0.4) is 0 Å². The molecule has 218 valence electrons. The van der Waals surface area contributed by atoms with E-state index in [2.05, 4.69) is 10.6 Å². The molecule has 5 rings (SSSR count). The van der Waals surface area contributed by atoms with Gasteiger partial charge in [0.1, 0.15) is 17.1 Å². The van der Waals surface area contributed by atoms with Crippen LogP contribution in [-0.4, -0.2) is 69.5 Å². The van der Waals surface area contributed by atoms with Crippen LogP contribution in [0.15, 0.2) is 59.1 Å². The monoisotopic (exact) mass is 576 g/mol. The first-order chi connectivity index (χ1) is 19.8. The fourth-order valence-electron chi connectivity index (χ4n) is 6.08. The zero-order chi connectivity index (χ0) is 30.7. The number of urea groups is 1. The minimum absolute atomic E-state index is 0.0133. The standard InChI is InChI=1S/C29H28N4O9/c1-33(2)17-11-16(31-28(41)32-27(40)12-6-4-3-5-7-12)22(35)20-15(17)9-13-8-14-10-18(34)21(26(30)39)25(38)29(14,42)24(37)19(13)23(20)36/h3-7,11,13-14,34-35,37,42H,8-10H2,1-2H3,(H2,30,39)(H2,31,32,40,41)/t13?,14-,29-/m0/s1. The molecule has 0 heterocycles. The predicted molar refractivity (Wildman–Crippen MR) is 148 cm³/mol. The highest BCUT2D eigenvalue weighted by Gasteiger charge is 2.59. The van der Waals surface area contributed by atoms with Gasteiger partial charge in [0.05, 0.1) is 11.3 Å². The highest BCUT2D eigenvalue weighted by atomic mass is 16.3. The number of Topliss-reactive ketones (excluding diaryl/α,β-unsaturated/α-hetero) is 2. The maximum atomic E-state index is 13.9. The molecule has 13 heteroatoms. The third-order valence-corrected chi connectivity index (χ3v) is 8.03. The van der Waals surface area contributed by atoms with Crippen LogP contribution in [0, 0.1) is 11.8 Å². The number of amides is 4. The lowest BCUT2D eigenvalue weighted by atomic mass is 9.60. The Morgan fingerprint density at radius 2 is 1.71 bits per heavy atom. The van der Waals surface area contributed by atoms with Gasteiger partial charge in [0, 0.05) is 43.3 Å². The van der Waals surface area contributed by atoms with Crippen molar-refractivity contribution in [3.63, 3.8) is 0 Å². The van der Waals surface area contributed by atoms with E-state index in [4.69, 9.17) is 5.73 Å². The number of benzene rings is 2. The van der Waals surface area contributed by atoms with Crippen LogP contribution >= 0.6 is 0 Å². The summed E-state index contributed by atoms with van der Waals surface area (Å²) in [5.41, 5.74) is 1.91.